The Morgan fingerprint density at radius 2 is 1.91 bits per heavy atom. The number of anilines is 1. The van der Waals surface area contributed by atoms with Gasteiger partial charge in [0.05, 0.1) is 6.54 Å². The molecule has 0 aliphatic carbocycles. The molecular weight excluding hydrogens is 280 g/mol. The lowest BCUT2D eigenvalue weighted by Crippen LogP contribution is -2.52. The first-order valence-corrected chi connectivity index (χ1v) is 7.57. The van der Waals surface area contributed by atoms with Gasteiger partial charge < -0.3 is 15.0 Å². The third-order valence-electron chi connectivity index (χ3n) is 3.48. The lowest BCUT2D eigenvalue weighted by Gasteiger charge is -2.37. The van der Waals surface area contributed by atoms with Crippen LogP contribution in [0.4, 0.5) is 10.5 Å². The monoisotopic (exact) mass is 304 g/mol. The molecule has 0 fully saturated rings. The van der Waals surface area contributed by atoms with Gasteiger partial charge in [0.25, 0.3) is 0 Å². The highest BCUT2D eigenvalue weighted by Crippen LogP contribution is 2.27. The van der Waals surface area contributed by atoms with Crippen molar-refractivity contribution in [3.8, 4) is 0 Å². The number of nitrogens with zero attached hydrogens (tertiary/aromatic N) is 1. The number of carbonyl (C=O) groups is 2. The summed E-state index contributed by atoms with van der Waals surface area (Å²) >= 11 is 0. The summed E-state index contributed by atoms with van der Waals surface area (Å²) in [7, 11) is 0. The van der Waals surface area contributed by atoms with E-state index in [1.54, 1.807) is 4.90 Å². The van der Waals surface area contributed by atoms with Crippen molar-refractivity contribution in [2.24, 2.45) is 5.92 Å². The summed E-state index contributed by atoms with van der Waals surface area (Å²) in [5.41, 5.74) is 1.22. The highest BCUT2D eigenvalue weighted by atomic mass is 16.6. The number of fused-ring (bicyclic) bond motifs is 1. The molecule has 1 aromatic carbocycles. The van der Waals surface area contributed by atoms with E-state index in [1.165, 1.54) is 0 Å². The summed E-state index contributed by atoms with van der Waals surface area (Å²) < 4.78 is 5.49. The molecule has 5 heteroatoms. The van der Waals surface area contributed by atoms with Crippen molar-refractivity contribution in [1.29, 1.82) is 0 Å². The fourth-order valence-corrected chi connectivity index (χ4v) is 2.57. The zero-order valence-corrected chi connectivity index (χ0v) is 13.8. The van der Waals surface area contributed by atoms with Crippen molar-refractivity contribution in [1.82, 2.24) is 4.90 Å². The number of nitrogens with one attached hydrogen (secondary N) is 1. The molecule has 1 atom stereocenters. The maximum absolute atomic E-state index is 12.5. The molecule has 2 rings (SSSR count). The lowest BCUT2D eigenvalue weighted by molar-refractivity contribution is -0.162. The Labute approximate surface area is 131 Å². The van der Waals surface area contributed by atoms with Crippen LogP contribution in [-0.4, -0.2) is 28.5 Å². The van der Waals surface area contributed by atoms with Crippen LogP contribution in [0.15, 0.2) is 24.3 Å². The Kier molecular flexibility index (Phi) is 4.44. The van der Waals surface area contributed by atoms with Crippen LogP contribution in [0.5, 0.6) is 0 Å². The molecule has 120 valence electrons. The zero-order valence-electron chi connectivity index (χ0n) is 13.8. The van der Waals surface area contributed by atoms with Gasteiger partial charge in [-0.05, 0) is 38.3 Å². The fourth-order valence-electron chi connectivity index (χ4n) is 2.57. The van der Waals surface area contributed by atoms with Crippen LogP contribution in [0.25, 0.3) is 0 Å². The van der Waals surface area contributed by atoms with E-state index < -0.39 is 11.6 Å². The van der Waals surface area contributed by atoms with E-state index in [2.05, 4.69) is 5.32 Å². The predicted octanol–water partition coefficient (Wildman–Crippen LogP) is 3.40. The first-order chi connectivity index (χ1) is 10.2. The number of carbonyl (C=O) groups excluding carboxylic acids is 2. The Morgan fingerprint density at radius 3 is 2.50 bits per heavy atom. The Morgan fingerprint density at radius 1 is 1.27 bits per heavy atom. The predicted molar refractivity (Wildman–Crippen MR) is 85.5 cm³/mol. The molecule has 2 amide bonds. The summed E-state index contributed by atoms with van der Waals surface area (Å²) in [5, 5.41) is 2.84. The smallest absolute Gasteiger partial charge is 0.329 e. The number of rotatable bonds is 3. The van der Waals surface area contributed by atoms with Crippen molar-refractivity contribution in [2.45, 2.75) is 52.8 Å². The fraction of sp³-hybridized carbons (Fsp3) is 0.529. The molecule has 0 radical (unpaired) electrons. The summed E-state index contributed by atoms with van der Waals surface area (Å²) in [4.78, 5) is 26.4. The van der Waals surface area contributed by atoms with Crippen LogP contribution in [0.3, 0.4) is 0 Å². The minimum absolute atomic E-state index is 0.0362. The lowest BCUT2D eigenvalue weighted by atomic mass is 10.00. The van der Waals surface area contributed by atoms with Crippen molar-refractivity contribution < 1.29 is 14.3 Å². The number of hydrogen-bond donors (Lipinski definition) is 1. The standard InChI is InChI=1S/C17H24N2O3/c1-11(2)14(15(20)22-17(3,4)5)19-10-12-8-6-7-9-13(12)18-16(19)21/h6-9,11,14H,10H2,1-5H3,(H,18,21). The third-order valence-corrected chi connectivity index (χ3v) is 3.48. The second kappa shape index (κ2) is 5.99. The van der Waals surface area contributed by atoms with Gasteiger partial charge in [-0.25, -0.2) is 9.59 Å². The minimum Gasteiger partial charge on any atom is -0.458 e. The summed E-state index contributed by atoms with van der Waals surface area (Å²) in [6.45, 7) is 9.73. The second-order valence-electron chi connectivity index (χ2n) is 6.94. The first-order valence-electron chi connectivity index (χ1n) is 7.57. The van der Waals surface area contributed by atoms with Crippen LogP contribution in [0, 0.1) is 5.92 Å². The van der Waals surface area contributed by atoms with Gasteiger partial charge in [-0.3, -0.25) is 0 Å². The largest absolute Gasteiger partial charge is 0.458 e. The van der Waals surface area contributed by atoms with Gasteiger partial charge in [0, 0.05) is 5.69 Å². The Bertz CT molecular complexity index is 576. The van der Waals surface area contributed by atoms with E-state index in [0.717, 1.165) is 11.3 Å². The molecule has 0 saturated heterocycles. The molecule has 1 heterocycles. The van der Waals surface area contributed by atoms with Crippen molar-refractivity contribution in [3.05, 3.63) is 29.8 Å². The van der Waals surface area contributed by atoms with Gasteiger partial charge in [-0.2, -0.15) is 0 Å². The Balaban J connectivity index is 2.26. The van der Waals surface area contributed by atoms with Gasteiger partial charge in [0.15, 0.2) is 0 Å². The average molecular weight is 304 g/mol. The number of urea groups is 1. The molecule has 0 spiro atoms. The van der Waals surface area contributed by atoms with Crippen molar-refractivity contribution >= 4 is 17.7 Å². The van der Waals surface area contributed by atoms with Crippen LogP contribution in [0.2, 0.25) is 0 Å². The van der Waals surface area contributed by atoms with Crippen LogP contribution < -0.4 is 5.32 Å². The number of hydrogen-bond acceptors (Lipinski definition) is 3. The minimum atomic E-state index is -0.604. The molecule has 0 aromatic heterocycles. The normalized spacial score (nSPS) is 16.1. The van der Waals surface area contributed by atoms with E-state index in [4.69, 9.17) is 4.74 Å². The summed E-state index contributed by atoms with van der Waals surface area (Å²) in [6.07, 6.45) is 0. The molecule has 1 unspecified atom stereocenters. The molecule has 5 nitrogen and oxygen atoms in total. The quantitative estimate of drug-likeness (QED) is 0.871. The topological polar surface area (TPSA) is 58.6 Å². The second-order valence-corrected chi connectivity index (χ2v) is 6.94. The van der Waals surface area contributed by atoms with E-state index in [0.29, 0.717) is 6.54 Å². The summed E-state index contributed by atoms with van der Waals surface area (Å²) in [5.74, 6) is -0.400. The van der Waals surface area contributed by atoms with Gasteiger partial charge in [-0.15, -0.1) is 0 Å². The van der Waals surface area contributed by atoms with Gasteiger partial charge >= 0.3 is 12.0 Å². The maximum Gasteiger partial charge on any atom is 0.329 e. The highest BCUT2D eigenvalue weighted by Gasteiger charge is 2.37. The average Bonchev–Trinajstić information content (AvgIpc) is 2.37. The first kappa shape index (κ1) is 16.3. The van der Waals surface area contributed by atoms with Crippen molar-refractivity contribution in [3.63, 3.8) is 0 Å². The molecule has 1 aliphatic rings. The molecule has 0 saturated carbocycles. The third kappa shape index (κ3) is 3.59. The zero-order chi connectivity index (χ0) is 16.5. The van der Waals surface area contributed by atoms with Crippen LogP contribution >= 0.6 is 0 Å². The number of benzene rings is 1. The van der Waals surface area contributed by atoms with E-state index in [-0.39, 0.29) is 17.9 Å². The molecule has 1 aromatic rings. The van der Waals surface area contributed by atoms with E-state index in [1.807, 2.05) is 58.9 Å². The summed E-state index contributed by atoms with van der Waals surface area (Å²) in [6, 6.07) is 6.75. The number of ether oxygens (including phenoxy) is 1. The van der Waals surface area contributed by atoms with Crippen molar-refractivity contribution in [2.75, 3.05) is 5.32 Å². The molecular formula is C17H24N2O3. The number of amides is 2. The van der Waals surface area contributed by atoms with Gasteiger partial charge in [-0.1, -0.05) is 32.0 Å². The molecule has 1 aliphatic heterocycles. The Hall–Kier alpha value is -2.04. The number of esters is 1. The van der Waals surface area contributed by atoms with E-state index >= 15 is 0 Å². The molecule has 22 heavy (non-hydrogen) atoms. The van der Waals surface area contributed by atoms with Gasteiger partial charge in [0.2, 0.25) is 0 Å². The highest BCUT2D eigenvalue weighted by molar-refractivity contribution is 5.95. The van der Waals surface area contributed by atoms with Gasteiger partial charge in [0.1, 0.15) is 11.6 Å². The SMILES string of the molecule is CC(C)C(C(=O)OC(C)(C)C)N1Cc2ccccc2NC1=O. The van der Waals surface area contributed by atoms with E-state index in [9.17, 15) is 9.59 Å². The van der Waals surface area contributed by atoms with Crippen LogP contribution in [0.1, 0.15) is 40.2 Å². The maximum atomic E-state index is 12.5. The molecule has 0 bridgehead atoms. The van der Waals surface area contributed by atoms with Crippen LogP contribution in [-0.2, 0) is 16.1 Å². The molecule has 1 N–H and O–H groups in total. The number of para-hydroxylation sites is 1.